The van der Waals surface area contributed by atoms with E-state index in [1.165, 1.54) is 0 Å². The minimum absolute atomic E-state index is 0.00511. The maximum Gasteiger partial charge on any atom is 0.223 e. The molecule has 0 aromatic carbocycles. The summed E-state index contributed by atoms with van der Waals surface area (Å²) >= 11 is 18.2. The zero-order valence-corrected chi connectivity index (χ0v) is 13.8. The van der Waals surface area contributed by atoms with Crippen molar-refractivity contribution in [2.75, 3.05) is 0 Å². The number of nitrogens with one attached hydrogen (secondary N) is 1. The summed E-state index contributed by atoms with van der Waals surface area (Å²) < 4.78 is 0. The maximum atomic E-state index is 6.26. The summed E-state index contributed by atoms with van der Waals surface area (Å²) in [7, 11) is 0. The molecule has 19 heavy (non-hydrogen) atoms. The van der Waals surface area contributed by atoms with E-state index in [0.29, 0.717) is 5.29 Å². The first kappa shape index (κ1) is 15.4. The molecule has 1 N–H and O–H groups in total. The van der Waals surface area contributed by atoms with E-state index < -0.39 is 5.62 Å². The van der Waals surface area contributed by atoms with Gasteiger partial charge in [0.25, 0.3) is 0 Å². The first-order valence-corrected chi connectivity index (χ1v) is 7.48. The smallest absolute Gasteiger partial charge is 0.223 e. The van der Waals surface area contributed by atoms with Gasteiger partial charge in [0.15, 0.2) is 0 Å². The Hall–Kier alpha value is -0.0300. The molecule has 2 aliphatic heterocycles. The van der Waals surface area contributed by atoms with Crippen molar-refractivity contribution in [1.29, 1.82) is 0 Å². The molecule has 0 aromatic heterocycles. The van der Waals surface area contributed by atoms with Crippen LogP contribution in [0.3, 0.4) is 0 Å². The molecule has 0 saturated carbocycles. The Morgan fingerprint density at radius 3 is 2.16 bits per heavy atom. The van der Waals surface area contributed by atoms with Crippen molar-refractivity contribution in [2.24, 2.45) is 9.98 Å². The van der Waals surface area contributed by atoms with Gasteiger partial charge in [0, 0.05) is 17.1 Å². The minimum Gasteiger partial charge on any atom is -0.309 e. The van der Waals surface area contributed by atoms with Gasteiger partial charge < -0.3 is 10.2 Å². The summed E-state index contributed by atoms with van der Waals surface area (Å²) in [6, 6.07) is 0.179. The molecule has 0 amide bonds. The summed E-state index contributed by atoms with van der Waals surface area (Å²) in [5.74, 6) is 0. The van der Waals surface area contributed by atoms with Gasteiger partial charge in [0.1, 0.15) is 0 Å². The van der Waals surface area contributed by atoms with E-state index in [2.05, 4.69) is 43.0 Å². The number of alkyl halides is 1. The Morgan fingerprint density at radius 2 is 1.68 bits per heavy atom. The molecule has 1 fully saturated rings. The van der Waals surface area contributed by atoms with E-state index in [-0.39, 0.29) is 22.4 Å². The predicted octanol–water partition coefficient (Wildman–Crippen LogP) is 3.32. The first-order valence-electron chi connectivity index (χ1n) is 6.29. The lowest BCUT2D eigenvalue weighted by Gasteiger charge is -2.50. The number of nitrogens with zero attached hydrogens (tertiary/aromatic N) is 3. The Bertz CT molecular complexity index is 415. The standard InChI is InChI=1S/C12H19Cl3N4/c1-11(2)5-7(6-12(3,4)18-11)19-9(14)16-8(13)17-10(19)15/h7,9,18H,5-6H2,1-4H3. The van der Waals surface area contributed by atoms with Crippen molar-refractivity contribution in [3.8, 4) is 0 Å². The van der Waals surface area contributed by atoms with Crippen molar-refractivity contribution >= 4 is 45.4 Å². The molecule has 1 unspecified atom stereocenters. The van der Waals surface area contributed by atoms with Gasteiger partial charge in [-0.05, 0) is 63.7 Å². The molecule has 0 radical (unpaired) electrons. The first-order chi connectivity index (χ1) is 8.60. The fourth-order valence-corrected chi connectivity index (χ4v) is 4.16. The van der Waals surface area contributed by atoms with Gasteiger partial charge in [-0.15, -0.1) is 0 Å². The number of rotatable bonds is 1. The quantitative estimate of drug-likeness (QED) is 0.593. The molecule has 2 aliphatic rings. The molecule has 0 aliphatic carbocycles. The zero-order valence-electron chi connectivity index (χ0n) is 11.5. The Labute approximate surface area is 129 Å². The lowest BCUT2D eigenvalue weighted by atomic mass is 9.79. The Kier molecular flexibility index (Phi) is 4.09. The SMILES string of the molecule is CC1(C)CC(N2C(Cl)=NC(Cl)=NC2Cl)CC(C)(C)N1. The van der Waals surface area contributed by atoms with E-state index >= 15 is 0 Å². The van der Waals surface area contributed by atoms with Crippen molar-refractivity contribution in [3.05, 3.63) is 0 Å². The van der Waals surface area contributed by atoms with Gasteiger partial charge >= 0.3 is 0 Å². The van der Waals surface area contributed by atoms with E-state index in [1.54, 1.807) is 0 Å². The van der Waals surface area contributed by atoms with Crippen LogP contribution in [0.4, 0.5) is 0 Å². The molecular weight excluding hydrogens is 307 g/mol. The van der Waals surface area contributed by atoms with Crippen LogP contribution in [0.25, 0.3) is 0 Å². The van der Waals surface area contributed by atoms with Crippen LogP contribution in [0.15, 0.2) is 9.98 Å². The van der Waals surface area contributed by atoms with E-state index in [4.69, 9.17) is 34.8 Å². The predicted molar refractivity (Wildman–Crippen MR) is 82.4 cm³/mol. The van der Waals surface area contributed by atoms with Crippen LogP contribution in [-0.2, 0) is 0 Å². The molecule has 1 atom stereocenters. The van der Waals surface area contributed by atoms with Crippen LogP contribution < -0.4 is 5.32 Å². The second-order valence-electron chi connectivity index (χ2n) is 6.45. The van der Waals surface area contributed by atoms with Crippen LogP contribution >= 0.6 is 34.8 Å². The summed E-state index contributed by atoms with van der Waals surface area (Å²) in [5, 5.41) is 4.05. The highest BCUT2D eigenvalue weighted by Crippen LogP contribution is 2.34. The topological polar surface area (TPSA) is 40.0 Å². The molecule has 0 bridgehead atoms. The summed E-state index contributed by atoms with van der Waals surface area (Å²) in [6.45, 7) is 8.70. The fraction of sp³-hybridized carbons (Fsp3) is 0.833. The zero-order chi connectivity index (χ0) is 14.4. The van der Waals surface area contributed by atoms with E-state index in [9.17, 15) is 0 Å². The molecule has 2 rings (SSSR count). The highest BCUT2D eigenvalue weighted by atomic mass is 35.5. The number of halogens is 3. The van der Waals surface area contributed by atoms with Gasteiger partial charge in [-0.1, -0.05) is 11.6 Å². The molecule has 2 heterocycles. The van der Waals surface area contributed by atoms with Gasteiger partial charge in [-0.3, -0.25) is 0 Å². The van der Waals surface area contributed by atoms with Crippen molar-refractivity contribution in [1.82, 2.24) is 10.2 Å². The van der Waals surface area contributed by atoms with Crippen molar-refractivity contribution in [3.63, 3.8) is 0 Å². The number of amidine groups is 2. The molecule has 7 heteroatoms. The molecule has 0 spiro atoms. The van der Waals surface area contributed by atoms with Crippen molar-refractivity contribution in [2.45, 2.75) is 63.3 Å². The number of aliphatic imine (C=N–C) groups is 2. The lowest BCUT2D eigenvalue weighted by molar-refractivity contribution is 0.0995. The largest absolute Gasteiger partial charge is 0.309 e. The van der Waals surface area contributed by atoms with Gasteiger partial charge in [-0.2, -0.15) is 4.99 Å². The molecule has 108 valence electrons. The molecular formula is C12H19Cl3N4. The highest BCUT2D eigenvalue weighted by molar-refractivity contribution is 6.72. The number of hydrogen-bond donors (Lipinski definition) is 1. The fourth-order valence-electron chi connectivity index (χ4n) is 3.19. The summed E-state index contributed by atoms with van der Waals surface area (Å²) in [6.07, 6.45) is 1.83. The van der Waals surface area contributed by atoms with Crippen LogP contribution in [0.2, 0.25) is 0 Å². The Balaban J connectivity index is 2.24. The second-order valence-corrected chi connectivity index (χ2v) is 7.52. The summed E-state index contributed by atoms with van der Waals surface area (Å²) in [5.41, 5.74) is -0.580. The van der Waals surface area contributed by atoms with Gasteiger partial charge in [0.2, 0.25) is 16.2 Å². The van der Waals surface area contributed by atoms with Crippen LogP contribution in [0, 0.1) is 0 Å². The molecule has 1 saturated heterocycles. The van der Waals surface area contributed by atoms with E-state index in [1.807, 2.05) is 4.90 Å². The molecule has 0 aromatic rings. The average Bonchev–Trinajstić information content (AvgIpc) is 2.09. The Morgan fingerprint density at radius 1 is 1.16 bits per heavy atom. The summed E-state index contributed by atoms with van der Waals surface area (Å²) in [4.78, 5) is 9.92. The van der Waals surface area contributed by atoms with Crippen LogP contribution in [0.1, 0.15) is 40.5 Å². The van der Waals surface area contributed by atoms with Crippen molar-refractivity contribution < 1.29 is 0 Å². The van der Waals surface area contributed by atoms with Crippen LogP contribution in [-0.4, -0.2) is 38.2 Å². The third-order valence-corrected chi connectivity index (χ3v) is 4.17. The maximum absolute atomic E-state index is 6.26. The average molecular weight is 326 g/mol. The monoisotopic (exact) mass is 324 g/mol. The lowest BCUT2D eigenvalue weighted by Crippen LogP contribution is -2.63. The van der Waals surface area contributed by atoms with Crippen LogP contribution in [0.5, 0.6) is 0 Å². The third-order valence-electron chi connectivity index (χ3n) is 3.40. The normalized spacial score (nSPS) is 30.9. The van der Waals surface area contributed by atoms with Gasteiger partial charge in [0.05, 0.1) is 0 Å². The number of hydrogen-bond acceptors (Lipinski definition) is 4. The van der Waals surface area contributed by atoms with E-state index in [0.717, 1.165) is 12.8 Å². The molecule has 4 nitrogen and oxygen atoms in total. The van der Waals surface area contributed by atoms with Gasteiger partial charge in [-0.25, -0.2) is 4.99 Å². The minimum atomic E-state index is -0.591. The highest BCUT2D eigenvalue weighted by Gasteiger charge is 2.42. The third kappa shape index (κ3) is 3.54. The second kappa shape index (κ2) is 5.06. The number of piperidine rings is 1.